The van der Waals surface area contributed by atoms with Gasteiger partial charge in [-0.25, -0.2) is 27.4 Å². The minimum atomic E-state index is -3.58. The number of methoxy groups -OCH3 is 1. The van der Waals surface area contributed by atoms with E-state index in [0.717, 1.165) is 24.3 Å². The van der Waals surface area contributed by atoms with Gasteiger partial charge >= 0.3 is 11.9 Å². The van der Waals surface area contributed by atoms with E-state index in [4.69, 9.17) is 26.8 Å². The summed E-state index contributed by atoms with van der Waals surface area (Å²) in [5.41, 5.74) is 3.02. The maximum atomic E-state index is 15.3. The van der Waals surface area contributed by atoms with E-state index in [-0.39, 0.29) is 33.5 Å². The Hall–Kier alpha value is -3.64. The van der Waals surface area contributed by atoms with E-state index in [0.29, 0.717) is 0 Å². The van der Waals surface area contributed by atoms with Crippen molar-refractivity contribution in [1.82, 2.24) is 19.5 Å². The predicted molar refractivity (Wildman–Crippen MR) is 134 cm³/mol. The maximum absolute atomic E-state index is 15.3. The lowest BCUT2D eigenvalue weighted by Gasteiger charge is -2.30. The molecule has 18 heteroatoms. The molecule has 3 atom stereocenters. The Bertz CT molecular complexity index is 1460. The number of sulfonamides is 1. The molecule has 0 aliphatic carbocycles. The predicted octanol–water partition coefficient (Wildman–Crippen LogP) is 0.445. The van der Waals surface area contributed by atoms with Crippen molar-refractivity contribution in [3.05, 3.63) is 41.4 Å². The van der Waals surface area contributed by atoms with Crippen LogP contribution in [0.3, 0.4) is 0 Å². The normalized spacial score (nSPS) is 14.6. The van der Waals surface area contributed by atoms with Crippen molar-refractivity contribution >= 4 is 56.2 Å². The van der Waals surface area contributed by atoms with Gasteiger partial charge in [-0.15, -0.1) is 0 Å². The average Bonchev–Trinajstić information content (AvgIpc) is 3.27. The van der Waals surface area contributed by atoms with Crippen LogP contribution >= 0.6 is 11.6 Å². The third-order valence-electron chi connectivity index (χ3n) is 5.55. The summed E-state index contributed by atoms with van der Waals surface area (Å²) in [7, 11) is -2.50. The fraction of sp³-hybridized carbons (Fsp3) is 0.381. The summed E-state index contributed by atoms with van der Waals surface area (Å²) in [5.74, 6) is -3.89. The van der Waals surface area contributed by atoms with E-state index in [2.05, 4.69) is 19.7 Å². The number of aliphatic hydroxyl groups is 1. The number of benzene rings is 1. The highest BCUT2D eigenvalue weighted by Gasteiger charge is 2.49. The Morgan fingerprint density at radius 2 is 1.85 bits per heavy atom. The number of hydrogen-bond donors (Lipinski definition) is 5. The van der Waals surface area contributed by atoms with Crippen molar-refractivity contribution in [2.75, 3.05) is 30.4 Å². The minimum absolute atomic E-state index is 0.00740. The van der Waals surface area contributed by atoms with Gasteiger partial charge in [0.1, 0.15) is 17.7 Å². The SMILES string of the molecule is CO[C@H](COC(Cc1ccc(NS(C)(=O)=O)cc1)(C(=O)O)C(=O)O)[C@@H](O)[C@H](F)n1cnc2c(N)nc(Cl)nc21. The first-order chi connectivity index (χ1) is 18.2. The molecule has 212 valence electrons. The van der Waals surface area contributed by atoms with Crippen LogP contribution in [0, 0.1) is 0 Å². The fourth-order valence-corrected chi connectivity index (χ4v) is 4.31. The molecule has 6 N–H and O–H groups in total. The zero-order valence-corrected chi connectivity index (χ0v) is 21.9. The summed E-state index contributed by atoms with van der Waals surface area (Å²) in [5, 5.41) is 29.9. The molecule has 3 aromatic rings. The fourth-order valence-electron chi connectivity index (χ4n) is 3.57. The van der Waals surface area contributed by atoms with Gasteiger partial charge in [-0.2, -0.15) is 9.97 Å². The van der Waals surface area contributed by atoms with Gasteiger partial charge in [-0.05, 0) is 29.3 Å². The molecule has 0 unspecified atom stereocenters. The second-order valence-corrected chi connectivity index (χ2v) is 10.4. The lowest BCUT2D eigenvalue weighted by Crippen LogP contribution is -2.53. The van der Waals surface area contributed by atoms with Crippen LogP contribution in [-0.2, 0) is 35.5 Å². The first-order valence-corrected chi connectivity index (χ1v) is 13.1. The number of imidazole rings is 1. The summed E-state index contributed by atoms with van der Waals surface area (Å²) >= 11 is 5.78. The van der Waals surface area contributed by atoms with Crippen LogP contribution < -0.4 is 10.5 Å². The molecule has 0 aliphatic heterocycles. The summed E-state index contributed by atoms with van der Waals surface area (Å²) < 4.78 is 51.5. The van der Waals surface area contributed by atoms with Gasteiger partial charge in [0.25, 0.3) is 5.60 Å². The van der Waals surface area contributed by atoms with Crippen LogP contribution in [0.1, 0.15) is 11.9 Å². The van der Waals surface area contributed by atoms with Gasteiger partial charge < -0.3 is 30.5 Å². The summed E-state index contributed by atoms with van der Waals surface area (Å²) in [6.45, 7) is -0.866. The number of anilines is 2. The van der Waals surface area contributed by atoms with Gasteiger partial charge in [0.2, 0.25) is 21.6 Å². The molecule has 0 saturated heterocycles. The second kappa shape index (κ2) is 11.6. The largest absolute Gasteiger partial charge is 0.479 e. The third kappa shape index (κ3) is 6.69. The number of aliphatic carboxylic acids is 2. The topological polar surface area (TPSA) is 229 Å². The van der Waals surface area contributed by atoms with Crippen LogP contribution in [-0.4, -0.2) is 93.0 Å². The van der Waals surface area contributed by atoms with Crippen LogP contribution in [0.4, 0.5) is 15.9 Å². The number of halogens is 2. The van der Waals surface area contributed by atoms with E-state index in [1.54, 1.807) is 0 Å². The molecule has 39 heavy (non-hydrogen) atoms. The lowest BCUT2D eigenvalue weighted by molar-refractivity contribution is -0.192. The number of nitrogen functional groups attached to an aromatic ring is 1. The van der Waals surface area contributed by atoms with Crippen molar-refractivity contribution in [2.45, 2.75) is 30.5 Å². The van der Waals surface area contributed by atoms with E-state index in [1.165, 1.54) is 24.3 Å². The van der Waals surface area contributed by atoms with Crippen molar-refractivity contribution in [3.8, 4) is 0 Å². The number of nitrogens with two attached hydrogens (primary N) is 1. The number of alkyl halides is 1. The van der Waals surface area contributed by atoms with Crippen LogP contribution in [0.25, 0.3) is 11.2 Å². The van der Waals surface area contributed by atoms with E-state index in [9.17, 15) is 33.3 Å². The molecule has 0 fully saturated rings. The Kier molecular flexibility index (Phi) is 8.91. The quantitative estimate of drug-likeness (QED) is 0.135. The summed E-state index contributed by atoms with van der Waals surface area (Å²) in [4.78, 5) is 35.6. The number of carboxylic acids is 2. The van der Waals surface area contributed by atoms with Crippen LogP contribution in [0.15, 0.2) is 30.6 Å². The first-order valence-electron chi connectivity index (χ1n) is 10.9. The molecule has 1 aromatic carbocycles. The Morgan fingerprint density at radius 3 is 2.38 bits per heavy atom. The molecule has 0 spiro atoms. The van der Waals surface area contributed by atoms with Crippen molar-refractivity contribution < 1.29 is 47.2 Å². The third-order valence-corrected chi connectivity index (χ3v) is 6.32. The van der Waals surface area contributed by atoms with Crippen molar-refractivity contribution in [1.29, 1.82) is 0 Å². The lowest BCUT2D eigenvalue weighted by atomic mass is 9.94. The average molecular weight is 591 g/mol. The van der Waals surface area contributed by atoms with Gasteiger partial charge in [-0.1, -0.05) is 12.1 Å². The number of aromatic nitrogens is 4. The zero-order valence-electron chi connectivity index (χ0n) is 20.4. The molecule has 2 aromatic heterocycles. The number of fused-ring (bicyclic) bond motifs is 1. The number of rotatable bonds is 13. The number of nitrogens with one attached hydrogen (secondary N) is 1. The highest BCUT2D eigenvalue weighted by Crippen LogP contribution is 2.27. The van der Waals surface area contributed by atoms with Crippen molar-refractivity contribution in [3.63, 3.8) is 0 Å². The summed E-state index contributed by atoms with van der Waals surface area (Å²) in [6, 6.07) is 5.22. The zero-order chi connectivity index (χ0) is 29.1. The molecule has 3 rings (SSSR count). The number of carboxylic acid groups (broad SMARTS) is 2. The minimum Gasteiger partial charge on any atom is -0.479 e. The molecule has 0 saturated carbocycles. The molecule has 2 heterocycles. The van der Waals surface area contributed by atoms with E-state index >= 15 is 4.39 Å². The molecule has 0 radical (unpaired) electrons. The van der Waals surface area contributed by atoms with Gasteiger partial charge in [0, 0.05) is 19.2 Å². The van der Waals surface area contributed by atoms with Gasteiger partial charge in [0.05, 0.1) is 19.2 Å². The number of aliphatic hydroxyl groups excluding tert-OH is 1. The number of hydrogen-bond acceptors (Lipinski definition) is 11. The molecule has 15 nitrogen and oxygen atoms in total. The molecule has 0 bridgehead atoms. The Balaban J connectivity index is 1.82. The van der Waals surface area contributed by atoms with E-state index < -0.39 is 59.1 Å². The maximum Gasteiger partial charge on any atom is 0.348 e. The highest BCUT2D eigenvalue weighted by molar-refractivity contribution is 7.92. The van der Waals surface area contributed by atoms with Crippen molar-refractivity contribution in [2.24, 2.45) is 0 Å². The molecule has 0 aliphatic rings. The standard InChI is InChI=1S/C21H24ClFN6O9S/c1-37-12(14(30)15(23)29-9-25-13-16(24)26-20(22)27-17(13)29)8-38-21(18(31)32,19(33)34)7-10-3-5-11(6-4-10)28-39(2,35)36/h3-6,9,12,14-15,28,30H,7-8H2,1-2H3,(H,31,32)(H,33,34)(H2,24,26,27)/t12-,14-,15-/m1/s1. The number of carbonyl (C=O) groups is 2. The van der Waals surface area contributed by atoms with Crippen LogP contribution in [0.2, 0.25) is 5.28 Å². The van der Waals surface area contributed by atoms with Gasteiger partial charge in [0.15, 0.2) is 11.5 Å². The van der Waals surface area contributed by atoms with E-state index in [1.807, 2.05) is 0 Å². The first kappa shape index (κ1) is 29.9. The van der Waals surface area contributed by atoms with Crippen LogP contribution in [0.5, 0.6) is 0 Å². The summed E-state index contributed by atoms with van der Waals surface area (Å²) in [6.07, 6.45) is -4.66. The Labute approximate surface area is 225 Å². The number of ether oxygens (including phenoxy) is 2. The second-order valence-electron chi connectivity index (χ2n) is 8.34. The smallest absolute Gasteiger partial charge is 0.348 e. The van der Waals surface area contributed by atoms with Gasteiger partial charge in [-0.3, -0.25) is 9.29 Å². The number of nitrogens with zero attached hydrogens (tertiary/aromatic N) is 4. The molecular formula is C21H24ClFN6O9S. The molecular weight excluding hydrogens is 567 g/mol. The monoisotopic (exact) mass is 590 g/mol. The molecule has 0 amide bonds. The Morgan fingerprint density at radius 1 is 1.23 bits per heavy atom. The highest BCUT2D eigenvalue weighted by atomic mass is 35.5.